The summed E-state index contributed by atoms with van der Waals surface area (Å²) >= 11 is 7.90. The Hall–Kier alpha value is -1.15. The van der Waals surface area contributed by atoms with Gasteiger partial charge in [0.15, 0.2) is 0 Å². The van der Waals surface area contributed by atoms with Crippen LogP contribution in [0.4, 0.5) is 0 Å². The standard InChI is InChI=1S/C9H4ClIN2O3/c10-4-1-2-6(11)5(3-4)7-12-13-8(16-7)9(14)15/h1-3H,(H,14,15). The number of carboxylic acids is 1. The Balaban J connectivity index is 2.50. The first-order chi connectivity index (χ1) is 7.58. The van der Waals surface area contributed by atoms with Crippen LogP contribution >= 0.6 is 34.2 Å². The van der Waals surface area contributed by atoms with E-state index in [0.29, 0.717) is 10.6 Å². The second kappa shape index (κ2) is 4.38. The maximum atomic E-state index is 10.6. The molecule has 0 spiro atoms. The minimum absolute atomic E-state index is 0.143. The van der Waals surface area contributed by atoms with Crippen LogP contribution in [0.25, 0.3) is 11.5 Å². The van der Waals surface area contributed by atoms with Crippen molar-refractivity contribution in [3.63, 3.8) is 0 Å². The molecule has 0 atom stereocenters. The molecule has 0 saturated heterocycles. The van der Waals surface area contributed by atoms with Gasteiger partial charge in [0.05, 0.1) is 5.56 Å². The van der Waals surface area contributed by atoms with Gasteiger partial charge in [0.25, 0.3) is 0 Å². The molecule has 0 aliphatic rings. The van der Waals surface area contributed by atoms with Crippen LogP contribution in [0.2, 0.25) is 5.02 Å². The molecule has 0 fully saturated rings. The van der Waals surface area contributed by atoms with Crippen LogP contribution in [0, 0.1) is 3.57 Å². The quantitative estimate of drug-likeness (QED) is 0.843. The first-order valence-electron chi connectivity index (χ1n) is 4.10. The number of halogens is 2. The largest absolute Gasteiger partial charge is 0.474 e. The van der Waals surface area contributed by atoms with E-state index in [1.165, 1.54) is 0 Å². The molecule has 1 aromatic heterocycles. The van der Waals surface area contributed by atoms with E-state index in [2.05, 4.69) is 32.8 Å². The zero-order chi connectivity index (χ0) is 11.7. The summed E-state index contributed by atoms with van der Waals surface area (Å²) < 4.78 is 5.83. The number of benzene rings is 1. The molecule has 0 bridgehead atoms. The Morgan fingerprint density at radius 3 is 2.81 bits per heavy atom. The molecule has 0 unspecified atom stereocenters. The second-order valence-corrected chi connectivity index (χ2v) is 4.44. The zero-order valence-electron chi connectivity index (χ0n) is 7.65. The van der Waals surface area contributed by atoms with Gasteiger partial charge in [0.1, 0.15) is 0 Å². The number of nitrogens with zero attached hydrogens (tertiary/aromatic N) is 2. The normalized spacial score (nSPS) is 10.4. The minimum Gasteiger partial charge on any atom is -0.474 e. The van der Waals surface area contributed by atoms with Crippen molar-refractivity contribution < 1.29 is 14.3 Å². The molecule has 0 amide bonds. The average molecular weight is 350 g/mol. The van der Waals surface area contributed by atoms with Crippen molar-refractivity contribution in [3.8, 4) is 11.5 Å². The third-order valence-electron chi connectivity index (χ3n) is 1.77. The highest BCUT2D eigenvalue weighted by Crippen LogP contribution is 2.27. The van der Waals surface area contributed by atoms with Crippen molar-refractivity contribution in [2.45, 2.75) is 0 Å². The molecule has 16 heavy (non-hydrogen) atoms. The van der Waals surface area contributed by atoms with Crippen LogP contribution < -0.4 is 0 Å². The van der Waals surface area contributed by atoms with Crippen LogP contribution in [-0.4, -0.2) is 21.3 Å². The zero-order valence-corrected chi connectivity index (χ0v) is 10.6. The van der Waals surface area contributed by atoms with Crippen LogP contribution in [0.1, 0.15) is 10.7 Å². The molecule has 2 rings (SSSR count). The van der Waals surface area contributed by atoms with Gasteiger partial charge in [0.2, 0.25) is 5.89 Å². The van der Waals surface area contributed by atoms with Gasteiger partial charge in [-0.05, 0) is 40.8 Å². The Labute approximate surface area is 109 Å². The van der Waals surface area contributed by atoms with Gasteiger partial charge in [-0.1, -0.05) is 11.6 Å². The van der Waals surface area contributed by atoms with E-state index in [-0.39, 0.29) is 5.89 Å². The van der Waals surface area contributed by atoms with E-state index < -0.39 is 11.9 Å². The third-order valence-corrected chi connectivity index (χ3v) is 2.94. The molecule has 1 aromatic carbocycles. The van der Waals surface area contributed by atoms with Crippen molar-refractivity contribution in [2.75, 3.05) is 0 Å². The summed E-state index contributed by atoms with van der Waals surface area (Å²) in [5, 5.41) is 16.2. The molecule has 1 heterocycles. The fourth-order valence-corrected chi connectivity index (χ4v) is 1.82. The maximum absolute atomic E-state index is 10.6. The first kappa shape index (κ1) is 11.3. The number of hydrogen-bond acceptors (Lipinski definition) is 4. The van der Waals surface area contributed by atoms with Gasteiger partial charge in [-0.15, -0.1) is 10.2 Å². The molecule has 5 nitrogen and oxygen atoms in total. The molecule has 82 valence electrons. The first-order valence-corrected chi connectivity index (χ1v) is 5.56. The smallest absolute Gasteiger partial charge is 0.393 e. The summed E-state index contributed by atoms with van der Waals surface area (Å²) in [4.78, 5) is 10.6. The SMILES string of the molecule is O=C(O)c1nnc(-c2cc(Cl)ccc2I)o1. The number of carboxylic acid groups (broad SMARTS) is 1. The van der Waals surface area contributed by atoms with E-state index >= 15 is 0 Å². The summed E-state index contributed by atoms with van der Waals surface area (Å²) in [6.45, 7) is 0. The van der Waals surface area contributed by atoms with E-state index in [4.69, 9.17) is 21.1 Å². The maximum Gasteiger partial charge on any atom is 0.393 e. The van der Waals surface area contributed by atoms with E-state index in [1.807, 2.05) is 0 Å². The van der Waals surface area contributed by atoms with Crippen molar-refractivity contribution in [2.24, 2.45) is 0 Å². The second-order valence-electron chi connectivity index (χ2n) is 2.84. The number of aromatic nitrogens is 2. The Morgan fingerprint density at radius 2 is 2.19 bits per heavy atom. The highest BCUT2D eigenvalue weighted by molar-refractivity contribution is 14.1. The van der Waals surface area contributed by atoms with Crippen molar-refractivity contribution in [1.29, 1.82) is 0 Å². The number of hydrogen-bond donors (Lipinski definition) is 1. The van der Waals surface area contributed by atoms with Crippen LogP contribution in [-0.2, 0) is 0 Å². The molecular weight excluding hydrogens is 346 g/mol. The molecular formula is C9H4ClIN2O3. The third kappa shape index (κ3) is 2.17. The van der Waals surface area contributed by atoms with Crippen molar-refractivity contribution >= 4 is 40.2 Å². The summed E-state index contributed by atoms with van der Waals surface area (Å²) in [5.41, 5.74) is 0.619. The molecule has 0 saturated carbocycles. The Morgan fingerprint density at radius 1 is 1.44 bits per heavy atom. The van der Waals surface area contributed by atoms with Crippen molar-refractivity contribution in [1.82, 2.24) is 10.2 Å². The lowest BCUT2D eigenvalue weighted by Gasteiger charge is -1.98. The fourth-order valence-electron chi connectivity index (χ4n) is 1.08. The lowest BCUT2D eigenvalue weighted by molar-refractivity contribution is 0.0654. The fraction of sp³-hybridized carbons (Fsp3) is 0. The van der Waals surface area contributed by atoms with Gasteiger partial charge < -0.3 is 9.52 Å². The number of rotatable bonds is 2. The van der Waals surface area contributed by atoms with Gasteiger partial charge in [-0.2, -0.15) is 0 Å². The lowest BCUT2D eigenvalue weighted by atomic mass is 10.2. The summed E-state index contributed by atoms with van der Waals surface area (Å²) in [6, 6.07) is 5.15. The highest BCUT2D eigenvalue weighted by atomic mass is 127. The summed E-state index contributed by atoms with van der Waals surface area (Å²) in [5.74, 6) is -1.55. The summed E-state index contributed by atoms with van der Waals surface area (Å²) in [6.07, 6.45) is 0. The Bertz CT molecular complexity index is 555. The monoisotopic (exact) mass is 350 g/mol. The van der Waals surface area contributed by atoms with E-state index in [0.717, 1.165) is 3.57 Å². The minimum atomic E-state index is -1.25. The van der Waals surface area contributed by atoms with Gasteiger partial charge in [0, 0.05) is 8.59 Å². The Kier molecular flexibility index (Phi) is 3.10. The topological polar surface area (TPSA) is 76.2 Å². The van der Waals surface area contributed by atoms with Crippen LogP contribution in [0.3, 0.4) is 0 Å². The highest BCUT2D eigenvalue weighted by Gasteiger charge is 2.16. The van der Waals surface area contributed by atoms with E-state index in [1.54, 1.807) is 18.2 Å². The van der Waals surface area contributed by atoms with Crippen molar-refractivity contribution in [3.05, 3.63) is 32.7 Å². The molecule has 7 heteroatoms. The van der Waals surface area contributed by atoms with Crippen LogP contribution in [0.15, 0.2) is 22.6 Å². The van der Waals surface area contributed by atoms with E-state index in [9.17, 15) is 4.79 Å². The van der Waals surface area contributed by atoms with Crippen LogP contribution in [0.5, 0.6) is 0 Å². The van der Waals surface area contributed by atoms with Gasteiger partial charge in [-0.25, -0.2) is 4.79 Å². The average Bonchev–Trinajstić information content (AvgIpc) is 2.70. The molecule has 0 aliphatic carbocycles. The molecule has 2 aromatic rings. The predicted octanol–water partition coefficient (Wildman–Crippen LogP) is 2.69. The summed E-state index contributed by atoms with van der Waals surface area (Å²) in [7, 11) is 0. The molecule has 1 N–H and O–H groups in total. The molecule has 0 aliphatic heterocycles. The van der Waals surface area contributed by atoms with Gasteiger partial charge in [-0.3, -0.25) is 0 Å². The predicted molar refractivity (Wildman–Crippen MR) is 64.4 cm³/mol. The number of carbonyl (C=O) groups is 1. The number of aromatic carboxylic acids is 1. The van der Waals surface area contributed by atoms with Gasteiger partial charge >= 0.3 is 11.9 Å². The lowest BCUT2D eigenvalue weighted by Crippen LogP contribution is -1.95. The molecule has 0 radical (unpaired) electrons.